The van der Waals surface area contributed by atoms with Crippen molar-refractivity contribution < 1.29 is 14.7 Å². The molecule has 1 fully saturated rings. The van der Waals surface area contributed by atoms with Gasteiger partial charge in [0.2, 0.25) is 0 Å². The molecule has 0 aromatic rings. The number of rotatable bonds is 4. The van der Waals surface area contributed by atoms with Gasteiger partial charge in [-0.2, -0.15) is 0 Å². The average Bonchev–Trinajstić information content (AvgIpc) is 2.87. The van der Waals surface area contributed by atoms with E-state index >= 15 is 0 Å². The highest BCUT2D eigenvalue weighted by molar-refractivity contribution is 5.96. The summed E-state index contributed by atoms with van der Waals surface area (Å²) in [7, 11) is 0. The molecule has 2 N–H and O–H groups in total. The summed E-state index contributed by atoms with van der Waals surface area (Å²) in [6.07, 6.45) is 10.7. The van der Waals surface area contributed by atoms with E-state index in [0.29, 0.717) is 18.4 Å². The summed E-state index contributed by atoms with van der Waals surface area (Å²) in [5, 5.41) is 12.1. The van der Waals surface area contributed by atoms with Crippen molar-refractivity contribution in [1.29, 1.82) is 0 Å². The quantitative estimate of drug-likeness (QED) is 0.801. The summed E-state index contributed by atoms with van der Waals surface area (Å²) in [5.74, 6) is -0.938. The Morgan fingerprint density at radius 2 is 2.00 bits per heavy atom. The summed E-state index contributed by atoms with van der Waals surface area (Å²) in [6, 6.07) is 0. The molecule has 2 rings (SSSR count). The maximum absolute atomic E-state index is 11.9. The lowest BCUT2D eigenvalue weighted by Gasteiger charge is -2.24. The van der Waals surface area contributed by atoms with Crippen LogP contribution in [0.2, 0.25) is 0 Å². The van der Waals surface area contributed by atoms with Crippen molar-refractivity contribution in [1.82, 2.24) is 5.32 Å². The van der Waals surface area contributed by atoms with Crippen molar-refractivity contribution in [3.63, 3.8) is 0 Å². The third-order valence-corrected chi connectivity index (χ3v) is 3.86. The Morgan fingerprint density at radius 1 is 1.28 bits per heavy atom. The van der Waals surface area contributed by atoms with Crippen LogP contribution in [0.3, 0.4) is 0 Å². The van der Waals surface area contributed by atoms with Gasteiger partial charge in [0, 0.05) is 12.1 Å². The molecule has 0 aromatic heterocycles. The first-order valence-corrected chi connectivity index (χ1v) is 6.52. The van der Waals surface area contributed by atoms with Crippen LogP contribution in [0.5, 0.6) is 0 Å². The fourth-order valence-corrected chi connectivity index (χ4v) is 2.65. The molecule has 2 aliphatic rings. The smallest absolute Gasteiger partial charge is 0.311 e. The first kappa shape index (κ1) is 12.9. The summed E-state index contributed by atoms with van der Waals surface area (Å²) in [6.45, 7) is 0.242. The number of aliphatic carboxylic acids is 1. The Balaban J connectivity index is 1.94. The van der Waals surface area contributed by atoms with E-state index < -0.39 is 11.4 Å². The second-order valence-corrected chi connectivity index (χ2v) is 5.11. The highest BCUT2D eigenvalue weighted by atomic mass is 16.4. The predicted octanol–water partition coefficient (Wildman–Crippen LogP) is 2.02. The van der Waals surface area contributed by atoms with Crippen LogP contribution in [0.4, 0.5) is 0 Å². The van der Waals surface area contributed by atoms with Crippen molar-refractivity contribution in [2.24, 2.45) is 5.41 Å². The van der Waals surface area contributed by atoms with E-state index in [9.17, 15) is 14.7 Å². The monoisotopic (exact) mass is 249 g/mol. The summed E-state index contributed by atoms with van der Waals surface area (Å²) >= 11 is 0. The first-order valence-electron chi connectivity index (χ1n) is 6.52. The first-order chi connectivity index (χ1) is 8.64. The predicted molar refractivity (Wildman–Crippen MR) is 68.0 cm³/mol. The number of carboxylic acid groups (broad SMARTS) is 1. The van der Waals surface area contributed by atoms with Crippen LogP contribution in [-0.4, -0.2) is 23.5 Å². The number of carboxylic acids is 1. The lowest BCUT2D eigenvalue weighted by Crippen LogP contribution is -2.41. The number of hydrogen-bond acceptors (Lipinski definition) is 2. The maximum Gasteiger partial charge on any atom is 0.311 e. The number of allylic oxidation sites excluding steroid dienone is 2. The van der Waals surface area contributed by atoms with Gasteiger partial charge >= 0.3 is 5.97 Å². The Labute approximate surface area is 107 Å². The van der Waals surface area contributed by atoms with Crippen LogP contribution in [0.25, 0.3) is 0 Å². The summed E-state index contributed by atoms with van der Waals surface area (Å²) in [5.41, 5.74) is -0.0889. The Kier molecular flexibility index (Phi) is 3.84. The van der Waals surface area contributed by atoms with Crippen LogP contribution in [0.15, 0.2) is 23.8 Å². The van der Waals surface area contributed by atoms with E-state index in [4.69, 9.17) is 0 Å². The molecule has 98 valence electrons. The highest BCUT2D eigenvalue weighted by Crippen LogP contribution is 2.37. The number of amides is 1. The van der Waals surface area contributed by atoms with E-state index in [-0.39, 0.29) is 12.5 Å². The number of carbonyl (C=O) groups is 2. The van der Waals surface area contributed by atoms with Crippen LogP contribution in [0, 0.1) is 5.41 Å². The molecule has 0 atom stereocenters. The van der Waals surface area contributed by atoms with E-state index in [2.05, 4.69) is 5.32 Å². The largest absolute Gasteiger partial charge is 0.481 e. The van der Waals surface area contributed by atoms with Gasteiger partial charge in [-0.1, -0.05) is 31.1 Å². The molecule has 0 spiro atoms. The normalized spacial score (nSPS) is 21.4. The van der Waals surface area contributed by atoms with Gasteiger partial charge < -0.3 is 10.4 Å². The zero-order valence-corrected chi connectivity index (χ0v) is 10.4. The molecule has 0 unspecified atom stereocenters. The second kappa shape index (κ2) is 5.38. The summed E-state index contributed by atoms with van der Waals surface area (Å²) < 4.78 is 0. The number of carbonyl (C=O) groups excluding carboxylic acids is 1. The van der Waals surface area contributed by atoms with Crippen LogP contribution in [-0.2, 0) is 9.59 Å². The van der Waals surface area contributed by atoms with Gasteiger partial charge in [-0.15, -0.1) is 0 Å². The standard InChI is InChI=1S/C14H19NO3/c16-12(11-6-2-1-3-7-11)15-10-14(13(17)18)8-4-5-9-14/h2,6-7H,1,3-5,8-10H2,(H,15,16)(H,17,18). The highest BCUT2D eigenvalue weighted by Gasteiger charge is 2.41. The molecule has 0 saturated heterocycles. The molecule has 1 amide bonds. The van der Waals surface area contributed by atoms with E-state index in [1.807, 2.05) is 12.2 Å². The third-order valence-electron chi connectivity index (χ3n) is 3.86. The molecule has 0 aliphatic heterocycles. The van der Waals surface area contributed by atoms with Crippen LogP contribution >= 0.6 is 0 Å². The summed E-state index contributed by atoms with van der Waals surface area (Å²) in [4.78, 5) is 23.2. The lowest BCUT2D eigenvalue weighted by atomic mass is 9.86. The van der Waals surface area contributed by atoms with Crippen molar-refractivity contribution in [3.05, 3.63) is 23.8 Å². The van der Waals surface area contributed by atoms with Crippen molar-refractivity contribution in [2.45, 2.75) is 38.5 Å². The van der Waals surface area contributed by atoms with Gasteiger partial charge in [0.05, 0.1) is 5.41 Å². The number of nitrogens with one attached hydrogen (secondary N) is 1. The minimum atomic E-state index is -0.784. The number of hydrogen-bond donors (Lipinski definition) is 2. The fourth-order valence-electron chi connectivity index (χ4n) is 2.65. The molecular formula is C14H19NO3. The van der Waals surface area contributed by atoms with Crippen LogP contribution < -0.4 is 5.32 Å². The minimum absolute atomic E-state index is 0.154. The topological polar surface area (TPSA) is 66.4 Å². The molecule has 4 nitrogen and oxygen atoms in total. The zero-order valence-electron chi connectivity index (χ0n) is 10.4. The molecule has 2 aliphatic carbocycles. The van der Waals surface area contributed by atoms with Gasteiger partial charge in [-0.05, 0) is 25.7 Å². The van der Waals surface area contributed by atoms with Crippen molar-refractivity contribution >= 4 is 11.9 Å². The molecular weight excluding hydrogens is 230 g/mol. The molecule has 0 radical (unpaired) electrons. The fraction of sp³-hybridized carbons (Fsp3) is 0.571. The van der Waals surface area contributed by atoms with Gasteiger partial charge in [-0.25, -0.2) is 0 Å². The Morgan fingerprint density at radius 3 is 2.56 bits per heavy atom. The zero-order chi connectivity index (χ0) is 13.0. The molecule has 18 heavy (non-hydrogen) atoms. The van der Waals surface area contributed by atoms with Crippen LogP contribution in [0.1, 0.15) is 38.5 Å². The molecule has 0 heterocycles. The minimum Gasteiger partial charge on any atom is -0.481 e. The SMILES string of the molecule is O=C(NCC1(C(=O)O)CCCC1)C1=CCCC=C1. The Bertz CT molecular complexity index is 403. The van der Waals surface area contributed by atoms with Gasteiger partial charge in [0.25, 0.3) is 5.91 Å². The molecule has 4 heteroatoms. The average molecular weight is 249 g/mol. The molecule has 0 bridgehead atoms. The maximum atomic E-state index is 11.9. The van der Waals surface area contributed by atoms with Crippen molar-refractivity contribution in [2.75, 3.05) is 6.54 Å². The lowest BCUT2D eigenvalue weighted by molar-refractivity contribution is -0.148. The second-order valence-electron chi connectivity index (χ2n) is 5.11. The van der Waals surface area contributed by atoms with E-state index in [1.165, 1.54) is 0 Å². The Hall–Kier alpha value is -1.58. The van der Waals surface area contributed by atoms with E-state index in [1.54, 1.807) is 6.08 Å². The van der Waals surface area contributed by atoms with E-state index in [0.717, 1.165) is 25.7 Å². The molecule has 1 saturated carbocycles. The van der Waals surface area contributed by atoms with Crippen molar-refractivity contribution in [3.8, 4) is 0 Å². The third kappa shape index (κ3) is 2.63. The van der Waals surface area contributed by atoms with Gasteiger partial charge in [0.15, 0.2) is 0 Å². The molecule has 0 aromatic carbocycles. The van der Waals surface area contributed by atoms with Gasteiger partial charge in [0.1, 0.15) is 0 Å². The van der Waals surface area contributed by atoms with Gasteiger partial charge in [-0.3, -0.25) is 9.59 Å².